The number of imide groups is 1. The van der Waals surface area contributed by atoms with E-state index in [1.54, 1.807) is 38.1 Å². The molecule has 2 aliphatic rings. The van der Waals surface area contributed by atoms with Gasteiger partial charge >= 0.3 is 5.97 Å². The van der Waals surface area contributed by atoms with Gasteiger partial charge < -0.3 is 9.47 Å². The van der Waals surface area contributed by atoms with Crippen LogP contribution in [0.2, 0.25) is 0 Å². The lowest BCUT2D eigenvalue weighted by molar-refractivity contribution is -0.133. The van der Waals surface area contributed by atoms with Gasteiger partial charge in [0.15, 0.2) is 5.71 Å². The Kier molecular flexibility index (Phi) is 5.16. The number of carbonyl (C=O) groups is 4. The van der Waals surface area contributed by atoms with E-state index in [1.165, 1.54) is 26.2 Å². The van der Waals surface area contributed by atoms with Crippen LogP contribution in [0.4, 0.5) is 5.69 Å². The number of rotatable bonds is 6. The summed E-state index contributed by atoms with van der Waals surface area (Å²) in [6, 6.07) is 5.44. The van der Waals surface area contributed by atoms with Crippen LogP contribution in [0.5, 0.6) is 5.75 Å². The number of carbonyl (C=O) groups excluding carboxylic acids is 4. The fourth-order valence-corrected chi connectivity index (χ4v) is 3.87. The molecule has 2 unspecified atom stereocenters. The highest BCUT2D eigenvalue weighted by Crippen LogP contribution is 2.40. The van der Waals surface area contributed by atoms with E-state index < -0.39 is 35.3 Å². The number of hydrogen-bond acceptors (Lipinski definition) is 8. The Morgan fingerprint density at radius 3 is 2.24 bits per heavy atom. The van der Waals surface area contributed by atoms with Crippen LogP contribution in [-0.2, 0) is 23.9 Å². The lowest BCUT2D eigenvalue weighted by atomic mass is 9.92. The number of hydrogen-bond donors (Lipinski definition) is 0. The van der Waals surface area contributed by atoms with Crippen molar-refractivity contribution in [2.45, 2.75) is 38.8 Å². The molecular formula is C20H23N3O6. The van der Waals surface area contributed by atoms with E-state index in [9.17, 15) is 19.2 Å². The largest absolute Gasteiger partial charge is 0.497 e. The Morgan fingerprint density at radius 1 is 1.10 bits per heavy atom. The first-order valence-corrected chi connectivity index (χ1v) is 9.10. The van der Waals surface area contributed by atoms with Crippen molar-refractivity contribution in [1.82, 2.24) is 5.01 Å². The molecule has 1 fully saturated rings. The summed E-state index contributed by atoms with van der Waals surface area (Å²) >= 11 is 0. The Labute approximate surface area is 168 Å². The van der Waals surface area contributed by atoms with Crippen molar-refractivity contribution in [3.8, 4) is 5.75 Å². The van der Waals surface area contributed by atoms with Gasteiger partial charge in [0.05, 0.1) is 25.4 Å². The number of nitrogens with zero attached hydrogens (tertiary/aromatic N) is 3. The fraction of sp³-hybridized carbons (Fsp3) is 0.450. The van der Waals surface area contributed by atoms with E-state index in [4.69, 9.17) is 9.47 Å². The lowest BCUT2D eigenvalue weighted by Gasteiger charge is -2.36. The predicted octanol–water partition coefficient (Wildman–Crippen LogP) is 1.16. The van der Waals surface area contributed by atoms with Crippen molar-refractivity contribution in [2.24, 2.45) is 11.0 Å². The van der Waals surface area contributed by atoms with Crippen LogP contribution in [0.15, 0.2) is 29.4 Å². The molecule has 2 amide bonds. The second kappa shape index (κ2) is 7.31. The third-order valence-corrected chi connectivity index (χ3v) is 5.08. The number of ketones is 1. The summed E-state index contributed by atoms with van der Waals surface area (Å²) in [5.74, 6) is -2.46. The number of esters is 1. The maximum absolute atomic E-state index is 13.3. The normalized spacial score (nSPS) is 21.2. The van der Waals surface area contributed by atoms with Gasteiger partial charge in [-0.05, 0) is 45.0 Å². The summed E-state index contributed by atoms with van der Waals surface area (Å²) in [6.45, 7) is 4.91. The number of ether oxygens (including phenoxy) is 2. The summed E-state index contributed by atoms with van der Waals surface area (Å²) in [5, 5.41) is 5.66. The van der Waals surface area contributed by atoms with Crippen molar-refractivity contribution >= 4 is 35.0 Å². The van der Waals surface area contributed by atoms with Gasteiger partial charge in [-0.25, -0.2) is 9.69 Å². The Hall–Kier alpha value is -3.23. The van der Waals surface area contributed by atoms with Gasteiger partial charge in [0.2, 0.25) is 5.91 Å². The molecule has 1 aromatic carbocycles. The molecule has 2 heterocycles. The molecule has 29 heavy (non-hydrogen) atoms. The number of anilines is 1. The minimum atomic E-state index is -1.09. The smallest absolute Gasteiger partial charge is 0.355 e. The second-order valence-corrected chi connectivity index (χ2v) is 7.65. The molecule has 0 bridgehead atoms. The number of amides is 2. The van der Waals surface area contributed by atoms with Crippen molar-refractivity contribution < 1.29 is 28.7 Å². The third-order valence-electron chi connectivity index (χ3n) is 5.08. The molecule has 9 heteroatoms. The first-order chi connectivity index (χ1) is 13.6. The fourth-order valence-electron chi connectivity index (χ4n) is 3.87. The molecule has 2 atom stereocenters. The number of fused-ring (bicyclic) bond motifs is 1. The van der Waals surface area contributed by atoms with E-state index >= 15 is 0 Å². The van der Waals surface area contributed by atoms with E-state index in [2.05, 4.69) is 5.10 Å². The summed E-state index contributed by atoms with van der Waals surface area (Å²) in [7, 11) is 2.70. The molecule has 2 aliphatic heterocycles. The molecule has 9 nitrogen and oxygen atoms in total. The first kappa shape index (κ1) is 20.5. The van der Waals surface area contributed by atoms with E-state index in [0.29, 0.717) is 11.4 Å². The van der Waals surface area contributed by atoms with Crippen molar-refractivity contribution in [1.29, 1.82) is 0 Å². The van der Waals surface area contributed by atoms with E-state index in [1.807, 2.05) is 0 Å². The molecule has 0 aromatic heterocycles. The van der Waals surface area contributed by atoms with Crippen molar-refractivity contribution in [3.05, 3.63) is 24.3 Å². The molecule has 0 saturated carbocycles. The standard InChI is InChI=1S/C20H23N3O6/c1-11(24)10-20(2,3)23-16-14(15(21-23)19(27)29-5)17(25)22(18(16)26)12-6-8-13(28-4)9-7-12/h6-9,14,16H,10H2,1-5H3. The highest BCUT2D eigenvalue weighted by Gasteiger charge is 2.60. The van der Waals surface area contributed by atoms with Crippen molar-refractivity contribution in [3.63, 3.8) is 0 Å². The molecule has 1 aromatic rings. The summed E-state index contributed by atoms with van der Waals surface area (Å²) < 4.78 is 9.89. The zero-order valence-corrected chi connectivity index (χ0v) is 17.0. The number of hydrazone groups is 1. The third kappa shape index (κ3) is 3.37. The predicted molar refractivity (Wildman–Crippen MR) is 103 cm³/mol. The van der Waals surface area contributed by atoms with Crippen LogP contribution >= 0.6 is 0 Å². The zero-order chi connectivity index (χ0) is 21.5. The highest BCUT2D eigenvalue weighted by atomic mass is 16.5. The molecule has 0 radical (unpaired) electrons. The Bertz CT molecular complexity index is 905. The van der Waals surface area contributed by atoms with Gasteiger partial charge in [-0.2, -0.15) is 5.10 Å². The average molecular weight is 401 g/mol. The molecule has 0 N–H and O–H groups in total. The van der Waals surface area contributed by atoms with Gasteiger partial charge in [0.1, 0.15) is 23.5 Å². The number of benzene rings is 1. The van der Waals surface area contributed by atoms with Crippen LogP contribution in [-0.4, -0.2) is 60.1 Å². The maximum atomic E-state index is 13.3. The maximum Gasteiger partial charge on any atom is 0.355 e. The van der Waals surface area contributed by atoms with Crippen molar-refractivity contribution in [2.75, 3.05) is 19.1 Å². The molecule has 0 aliphatic carbocycles. The molecule has 1 saturated heterocycles. The zero-order valence-electron chi connectivity index (χ0n) is 17.0. The minimum Gasteiger partial charge on any atom is -0.497 e. The first-order valence-electron chi connectivity index (χ1n) is 9.10. The van der Waals surface area contributed by atoms with Gasteiger partial charge in [0, 0.05) is 6.42 Å². The monoisotopic (exact) mass is 401 g/mol. The summed E-state index contributed by atoms with van der Waals surface area (Å²) in [4.78, 5) is 51.5. The molecular weight excluding hydrogens is 378 g/mol. The van der Waals surface area contributed by atoms with Gasteiger partial charge in [-0.1, -0.05) is 0 Å². The van der Waals surface area contributed by atoms with Crippen LogP contribution < -0.4 is 9.64 Å². The van der Waals surface area contributed by atoms with Gasteiger partial charge in [-0.3, -0.25) is 19.4 Å². The summed E-state index contributed by atoms with van der Waals surface area (Å²) in [6.07, 6.45) is 0.0954. The molecule has 0 spiro atoms. The second-order valence-electron chi connectivity index (χ2n) is 7.65. The SMILES string of the molecule is COC(=O)C1=NN(C(C)(C)CC(C)=O)C2C(=O)N(c3ccc(OC)cc3)C(=O)C12. The Balaban J connectivity index is 2.05. The number of Topliss-reactive ketones (excluding diaryl/α,β-unsaturated/α-hetero) is 1. The van der Waals surface area contributed by atoms with Crippen LogP contribution in [0.3, 0.4) is 0 Å². The molecule has 154 valence electrons. The van der Waals surface area contributed by atoms with Crippen LogP contribution in [0, 0.1) is 5.92 Å². The Morgan fingerprint density at radius 2 is 1.72 bits per heavy atom. The van der Waals surface area contributed by atoms with Crippen LogP contribution in [0.1, 0.15) is 27.2 Å². The van der Waals surface area contributed by atoms with Crippen LogP contribution in [0.25, 0.3) is 0 Å². The minimum absolute atomic E-state index is 0.0954. The average Bonchev–Trinajstić information content (AvgIpc) is 3.18. The quantitative estimate of drug-likeness (QED) is 0.520. The number of methoxy groups -OCH3 is 2. The van der Waals surface area contributed by atoms with E-state index in [-0.39, 0.29) is 17.9 Å². The van der Waals surface area contributed by atoms with Gasteiger partial charge in [-0.15, -0.1) is 0 Å². The summed E-state index contributed by atoms with van der Waals surface area (Å²) in [5.41, 5.74) is -0.650. The lowest BCUT2D eigenvalue weighted by Crippen LogP contribution is -2.50. The highest BCUT2D eigenvalue weighted by molar-refractivity contribution is 6.46. The topological polar surface area (TPSA) is 106 Å². The molecule has 3 rings (SSSR count). The van der Waals surface area contributed by atoms with Gasteiger partial charge in [0.25, 0.3) is 5.91 Å². The van der Waals surface area contributed by atoms with E-state index in [0.717, 1.165) is 4.90 Å².